The summed E-state index contributed by atoms with van der Waals surface area (Å²) in [5.74, 6) is 2.27. The molecule has 0 saturated carbocycles. The number of halogens is 1. The van der Waals surface area contributed by atoms with Gasteiger partial charge >= 0.3 is 0 Å². The Morgan fingerprint density at radius 1 is 1.18 bits per heavy atom. The Bertz CT molecular complexity index is 1390. The molecule has 5 rings (SSSR count). The molecule has 0 radical (unpaired) electrons. The normalized spacial score (nSPS) is 15.4. The second kappa shape index (κ2) is 13.6. The Morgan fingerprint density at radius 3 is 2.64 bits per heavy atom. The molecular formula is C31H38BrN5O2. The number of aromatic hydroxyl groups is 1. The fraction of sp³-hybridized carbons (Fsp3) is 0.355. The van der Waals surface area contributed by atoms with Crippen LogP contribution in [0, 0.1) is 5.92 Å². The first kappa shape index (κ1) is 28.6. The van der Waals surface area contributed by atoms with E-state index in [1.165, 1.54) is 24.8 Å². The van der Waals surface area contributed by atoms with E-state index in [0.717, 1.165) is 42.0 Å². The fourth-order valence-electron chi connectivity index (χ4n) is 4.77. The largest absolute Gasteiger partial charge is 0.507 e. The molecule has 1 fully saturated rings. The van der Waals surface area contributed by atoms with Crippen molar-refractivity contribution in [1.29, 1.82) is 0 Å². The number of ether oxygens (including phenoxy) is 1. The molecule has 7 nitrogen and oxygen atoms in total. The lowest BCUT2D eigenvalue weighted by Crippen LogP contribution is -2.37. The lowest BCUT2D eigenvalue weighted by Gasteiger charge is -2.33. The third-order valence-electron chi connectivity index (χ3n) is 6.71. The van der Waals surface area contributed by atoms with E-state index < -0.39 is 0 Å². The van der Waals surface area contributed by atoms with Gasteiger partial charge in [-0.3, -0.25) is 4.90 Å². The van der Waals surface area contributed by atoms with Crippen molar-refractivity contribution >= 4 is 33.2 Å². The van der Waals surface area contributed by atoms with Crippen molar-refractivity contribution in [2.45, 2.75) is 39.7 Å². The number of likely N-dealkylation sites (tertiary alicyclic amines) is 1. The van der Waals surface area contributed by atoms with Gasteiger partial charge in [0.1, 0.15) is 17.3 Å². The van der Waals surface area contributed by atoms with E-state index >= 15 is 0 Å². The van der Waals surface area contributed by atoms with Crippen LogP contribution in [0.2, 0.25) is 0 Å². The summed E-state index contributed by atoms with van der Waals surface area (Å²) in [4.78, 5) is 7.26. The maximum Gasteiger partial charge on any atom is 0.172 e. The lowest BCUT2D eigenvalue weighted by atomic mass is 9.97. The van der Waals surface area contributed by atoms with Crippen molar-refractivity contribution in [1.82, 2.24) is 19.5 Å². The number of hydrogen-bond acceptors (Lipinski definition) is 6. The molecule has 2 N–H and O–H groups in total. The topological polar surface area (TPSA) is 74.9 Å². The minimum atomic E-state index is 0.207. The molecule has 206 valence electrons. The molecule has 2 aromatic heterocycles. The number of rotatable bonds is 8. The van der Waals surface area contributed by atoms with Crippen LogP contribution in [0.25, 0.3) is 22.7 Å². The summed E-state index contributed by atoms with van der Waals surface area (Å²) in [7, 11) is 1.65. The summed E-state index contributed by atoms with van der Waals surface area (Å²) >= 11 is 3.56. The standard InChI is InChI=1S/C28H30BrN5O2.C3H8/c1-19(36-2)22-11-9-20(10-12-22)17-33-13-5-6-21(18-33)15-30-27-14-25(23-7-3-4-8-26(23)35)32-28-24(29)16-31-34(27)28;1-3-2/h3-4,7-12,14,16,21,30,35H,1,5-6,13,15,17-18H2,2H3;3H2,1-2H3. The molecule has 1 aliphatic heterocycles. The van der Waals surface area contributed by atoms with Gasteiger partial charge in [0, 0.05) is 36.8 Å². The summed E-state index contributed by atoms with van der Waals surface area (Å²) in [6.07, 6.45) is 5.35. The van der Waals surface area contributed by atoms with Crippen LogP contribution in [0.5, 0.6) is 5.75 Å². The van der Waals surface area contributed by atoms with Gasteiger partial charge in [-0.2, -0.15) is 9.61 Å². The minimum absolute atomic E-state index is 0.207. The van der Waals surface area contributed by atoms with E-state index in [0.29, 0.717) is 28.6 Å². The number of methoxy groups -OCH3 is 1. The van der Waals surface area contributed by atoms with Crippen LogP contribution >= 0.6 is 15.9 Å². The van der Waals surface area contributed by atoms with E-state index in [1.54, 1.807) is 19.4 Å². The number of phenols is 1. The van der Waals surface area contributed by atoms with Gasteiger partial charge in [-0.15, -0.1) is 0 Å². The van der Waals surface area contributed by atoms with Crippen LogP contribution in [0.15, 0.2) is 71.8 Å². The average Bonchev–Trinajstić information content (AvgIpc) is 3.33. The molecular weight excluding hydrogens is 554 g/mol. The number of fused-ring (bicyclic) bond motifs is 1. The van der Waals surface area contributed by atoms with Crippen molar-refractivity contribution in [3.05, 3.63) is 83.0 Å². The first-order valence-electron chi connectivity index (χ1n) is 13.5. The van der Waals surface area contributed by atoms with E-state index in [1.807, 2.05) is 28.8 Å². The molecule has 4 aromatic rings. The summed E-state index contributed by atoms with van der Waals surface area (Å²) in [6, 6.07) is 17.7. The molecule has 3 heterocycles. The van der Waals surface area contributed by atoms with Crippen molar-refractivity contribution in [3.8, 4) is 17.0 Å². The predicted octanol–water partition coefficient (Wildman–Crippen LogP) is 7.22. The van der Waals surface area contributed by atoms with Gasteiger partial charge in [0.25, 0.3) is 0 Å². The highest BCUT2D eigenvalue weighted by atomic mass is 79.9. The molecule has 8 heteroatoms. The van der Waals surface area contributed by atoms with Gasteiger partial charge in [0.05, 0.1) is 23.5 Å². The molecule has 1 unspecified atom stereocenters. The van der Waals surface area contributed by atoms with E-state index in [-0.39, 0.29) is 5.75 Å². The zero-order chi connectivity index (χ0) is 27.8. The molecule has 1 saturated heterocycles. The van der Waals surface area contributed by atoms with Crippen LogP contribution in [0.3, 0.4) is 0 Å². The van der Waals surface area contributed by atoms with E-state index in [9.17, 15) is 5.11 Å². The number of phenolic OH excluding ortho intramolecular Hbond substituents is 1. The van der Waals surface area contributed by atoms with E-state index in [4.69, 9.17) is 9.72 Å². The molecule has 0 aliphatic carbocycles. The number of nitrogens with one attached hydrogen (secondary N) is 1. The molecule has 0 bridgehead atoms. The Morgan fingerprint density at radius 2 is 1.92 bits per heavy atom. The first-order chi connectivity index (χ1) is 18.9. The number of piperidine rings is 1. The number of nitrogens with zero attached hydrogens (tertiary/aromatic N) is 4. The summed E-state index contributed by atoms with van der Waals surface area (Å²) in [5.41, 5.74) is 4.41. The third-order valence-corrected chi connectivity index (χ3v) is 7.27. The van der Waals surface area contributed by atoms with Gasteiger partial charge in [0.15, 0.2) is 5.65 Å². The maximum absolute atomic E-state index is 10.4. The van der Waals surface area contributed by atoms with Crippen LogP contribution in [-0.2, 0) is 11.3 Å². The summed E-state index contributed by atoms with van der Waals surface area (Å²) < 4.78 is 7.85. The number of hydrogen-bond donors (Lipinski definition) is 2. The molecule has 39 heavy (non-hydrogen) atoms. The Labute approximate surface area is 239 Å². The molecule has 0 spiro atoms. The number of benzene rings is 2. The van der Waals surface area contributed by atoms with Gasteiger partial charge in [-0.05, 0) is 58.9 Å². The highest BCUT2D eigenvalue weighted by Crippen LogP contribution is 2.31. The van der Waals surface area contributed by atoms with Crippen LogP contribution in [-0.4, -0.2) is 51.3 Å². The van der Waals surface area contributed by atoms with Gasteiger partial charge in [-0.25, -0.2) is 4.98 Å². The Kier molecular flexibility index (Phi) is 10.0. The van der Waals surface area contributed by atoms with Gasteiger partial charge in [0.2, 0.25) is 0 Å². The zero-order valence-electron chi connectivity index (χ0n) is 23.0. The van der Waals surface area contributed by atoms with Crippen molar-refractivity contribution in [3.63, 3.8) is 0 Å². The number of anilines is 1. The van der Waals surface area contributed by atoms with Crippen LogP contribution < -0.4 is 5.32 Å². The SMILES string of the molecule is C=C(OC)c1ccc(CN2CCCC(CNc3cc(-c4ccccc4O)nc4c(Br)cnn34)C2)cc1.CCC. The quantitative estimate of drug-likeness (QED) is 0.211. The first-order valence-corrected chi connectivity index (χ1v) is 14.3. The molecule has 1 aliphatic rings. The highest BCUT2D eigenvalue weighted by molar-refractivity contribution is 9.10. The van der Waals surface area contributed by atoms with Crippen LogP contribution in [0.1, 0.15) is 44.2 Å². The number of para-hydroxylation sites is 1. The van der Waals surface area contributed by atoms with Crippen molar-refractivity contribution in [2.75, 3.05) is 32.1 Å². The molecule has 2 aromatic carbocycles. The Balaban J connectivity index is 0.00000112. The molecule has 1 atom stereocenters. The highest BCUT2D eigenvalue weighted by Gasteiger charge is 2.21. The lowest BCUT2D eigenvalue weighted by molar-refractivity contribution is 0.173. The summed E-state index contributed by atoms with van der Waals surface area (Å²) in [6.45, 7) is 12.1. The van der Waals surface area contributed by atoms with Crippen LogP contribution in [0.4, 0.5) is 5.82 Å². The molecule has 0 amide bonds. The van der Waals surface area contributed by atoms with Gasteiger partial charge < -0.3 is 15.2 Å². The van der Waals surface area contributed by atoms with Gasteiger partial charge in [-0.1, -0.05) is 63.2 Å². The van der Waals surface area contributed by atoms with E-state index in [2.05, 4.69) is 75.9 Å². The van der Waals surface area contributed by atoms with Crippen molar-refractivity contribution in [2.24, 2.45) is 5.92 Å². The maximum atomic E-state index is 10.4. The third kappa shape index (κ3) is 7.19. The number of aromatic nitrogens is 3. The minimum Gasteiger partial charge on any atom is -0.507 e. The zero-order valence-corrected chi connectivity index (χ0v) is 24.6. The average molecular weight is 593 g/mol. The predicted molar refractivity (Wildman–Crippen MR) is 163 cm³/mol. The van der Waals surface area contributed by atoms with Crippen molar-refractivity contribution < 1.29 is 9.84 Å². The Hall–Kier alpha value is -3.36. The summed E-state index contributed by atoms with van der Waals surface area (Å²) in [5, 5.41) is 18.5. The fourth-order valence-corrected chi connectivity index (χ4v) is 5.12. The monoisotopic (exact) mass is 591 g/mol. The smallest absolute Gasteiger partial charge is 0.172 e. The second-order valence-corrected chi connectivity index (χ2v) is 10.8. The second-order valence-electron chi connectivity index (χ2n) is 9.93.